The van der Waals surface area contributed by atoms with Gasteiger partial charge in [-0.05, 0) is 51.3 Å². The van der Waals surface area contributed by atoms with Crippen molar-refractivity contribution in [2.24, 2.45) is 11.3 Å². The standard InChI is InChI=1S/C16H25NO2/c1-13(11-14-7-5-4-6-8-14)12-17-10-9-16(2,3)15(18)19/h4-8,13,17H,9-12H2,1-3H3,(H,18,19). The lowest BCUT2D eigenvalue weighted by Gasteiger charge is -2.20. The van der Waals surface area contributed by atoms with Gasteiger partial charge in [-0.25, -0.2) is 0 Å². The van der Waals surface area contributed by atoms with Crippen LogP contribution >= 0.6 is 0 Å². The molecule has 0 aliphatic carbocycles. The highest BCUT2D eigenvalue weighted by Gasteiger charge is 2.26. The van der Waals surface area contributed by atoms with Gasteiger partial charge in [0.15, 0.2) is 0 Å². The second-order valence-corrected chi connectivity index (χ2v) is 5.94. The second kappa shape index (κ2) is 7.29. The molecule has 1 rings (SSSR count). The van der Waals surface area contributed by atoms with E-state index >= 15 is 0 Å². The predicted octanol–water partition coefficient (Wildman–Crippen LogP) is 2.96. The molecule has 0 bridgehead atoms. The number of rotatable bonds is 8. The Kier molecular flexibility index (Phi) is 6.03. The largest absolute Gasteiger partial charge is 0.481 e. The van der Waals surface area contributed by atoms with Gasteiger partial charge in [-0.15, -0.1) is 0 Å². The summed E-state index contributed by atoms with van der Waals surface area (Å²) in [6, 6.07) is 10.4. The van der Waals surface area contributed by atoms with Crippen LogP contribution < -0.4 is 5.32 Å². The molecular weight excluding hydrogens is 238 g/mol. The molecule has 0 saturated heterocycles. The third-order valence-corrected chi connectivity index (χ3v) is 3.43. The van der Waals surface area contributed by atoms with Gasteiger partial charge in [0.1, 0.15) is 0 Å². The molecular formula is C16H25NO2. The Balaban J connectivity index is 2.21. The third-order valence-electron chi connectivity index (χ3n) is 3.43. The van der Waals surface area contributed by atoms with Gasteiger partial charge in [0, 0.05) is 0 Å². The van der Waals surface area contributed by atoms with Crippen molar-refractivity contribution in [3.8, 4) is 0 Å². The smallest absolute Gasteiger partial charge is 0.309 e. The van der Waals surface area contributed by atoms with Crippen LogP contribution in [-0.4, -0.2) is 24.2 Å². The summed E-state index contributed by atoms with van der Waals surface area (Å²) in [5, 5.41) is 12.4. The summed E-state index contributed by atoms with van der Waals surface area (Å²) < 4.78 is 0. The number of carboxylic acids is 1. The molecule has 0 amide bonds. The fourth-order valence-electron chi connectivity index (χ4n) is 1.94. The molecule has 3 nitrogen and oxygen atoms in total. The fraction of sp³-hybridized carbons (Fsp3) is 0.562. The summed E-state index contributed by atoms with van der Waals surface area (Å²) in [5.74, 6) is -0.179. The molecule has 0 aromatic heterocycles. The summed E-state index contributed by atoms with van der Waals surface area (Å²) in [7, 11) is 0. The van der Waals surface area contributed by atoms with Gasteiger partial charge in [0.25, 0.3) is 0 Å². The number of carbonyl (C=O) groups is 1. The monoisotopic (exact) mass is 263 g/mol. The van der Waals surface area contributed by atoms with Crippen LogP contribution in [-0.2, 0) is 11.2 Å². The van der Waals surface area contributed by atoms with Crippen LogP contribution in [0.15, 0.2) is 30.3 Å². The molecule has 0 heterocycles. The molecule has 1 atom stereocenters. The lowest BCUT2D eigenvalue weighted by molar-refractivity contribution is -0.147. The van der Waals surface area contributed by atoms with Crippen molar-refractivity contribution in [2.45, 2.75) is 33.6 Å². The van der Waals surface area contributed by atoms with Crippen molar-refractivity contribution in [1.29, 1.82) is 0 Å². The predicted molar refractivity (Wildman–Crippen MR) is 78.2 cm³/mol. The van der Waals surface area contributed by atoms with Crippen molar-refractivity contribution in [2.75, 3.05) is 13.1 Å². The first-order valence-electron chi connectivity index (χ1n) is 6.90. The molecule has 1 unspecified atom stereocenters. The van der Waals surface area contributed by atoms with Crippen molar-refractivity contribution in [1.82, 2.24) is 5.32 Å². The minimum atomic E-state index is -0.730. The fourth-order valence-corrected chi connectivity index (χ4v) is 1.94. The van der Waals surface area contributed by atoms with E-state index in [0.717, 1.165) is 19.5 Å². The molecule has 0 fully saturated rings. The summed E-state index contributed by atoms with van der Waals surface area (Å²) in [6.07, 6.45) is 1.70. The minimum absolute atomic E-state index is 0.551. The van der Waals surface area contributed by atoms with Crippen molar-refractivity contribution < 1.29 is 9.90 Å². The van der Waals surface area contributed by atoms with Crippen molar-refractivity contribution >= 4 is 5.97 Å². The topological polar surface area (TPSA) is 49.3 Å². The SMILES string of the molecule is CC(CNCCC(C)(C)C(=O)O)Cc1ccccc1. The summed E-state index contributed by atoms with van der Waals surface area (Å²) >= 11 is 0. The maximum absolute atomic E-state index is 11.0. The highest BCUT2D eigenvalue weighted by Crippen LogP contribution is 2.19. The van der Waals surface area contributed by atoms with E-state index in [9.17, 15) is 4.79 Å². The summed E-state index contributed by atoms with van der Waals surface area (Å²) in [6.45, 7) is 7.42. The number of aliphatic carboxylic acids is 1. The maximum Gasteiger partial charge on any atom is 0.309 e. The van der Waals surface area contributed by atoms with E-state index in [4.69, 9.17) is 5.11 Å². The molecule has 0 radical (unpaired) electrons. The molecule has 0 aliphatic rings. The average molecular weight is 263 g/mol. The van der Waals surface area contributed by atoms with Gasteiger partial charge < -0.3 is 10.4 Å². The van der Waals surface area contributed by atoms with Gasteiger partial charge in [0.2, 0.25) is 0 Å². The molecule has 0 spiro atoms. The van der Waals surface area contributed by atoms with Gasteiger partial charge in [0.05, 0.1) is 5.41 Å². The molecule has 0 aliphatic heterocycles. The molecule has 19 heavy (non-hydrogen) atoms. The van der Waals surface area contributed by atoms with Gasteiger partial charge >= 0.3 is 5.97 Å². The normalized spacial score (nSPS) is 13.2. The number of nitrogens with one attached hydrogen (secondary N) is 1. The zero-order valence-corrected chi connectivity index (χ0v) is 12.1. The Morgan fingerprint density at radius 1 is 1.32 bits per heavy atom. The Morgan fingerprint density at radius 3 is 2.53 bits per heavy atom. The first-order valence-corrected chi connectivity index (χ1v) is 6.90. The van der Waals surface area contributed by atoms with Crippen LogP contribution in [0.1, 0.15) is 32.8 Å². The van der Waals surface area contributed by atoms with Crippen LogP contribution in [0.3, 0.4) is 0 Å². The molecule has 1 aromatic rings. The van der Waals surface area contributed by atoms with Gasteiger partial charge in [-0.2, -0.15) is 0 Å². The van der Waals surface area contributed by atoms with Gasteiger partial charge in [-0.1, -0.05) is 37.3 Å². The van der Waals surface area contributed by atoms with E-state index in [0.29, 0.717) is 12.3 Å². The first kappa shape index (κ1) is 15.7. The van der Waals surface area contributed by atoms with E-state index in [1.54, 1.807) is 13.8 Å². The molecule has 106 valence electrons. The number of hydrogen-bond donors (Lipinski definition) is 2. The van der Waals surface area contributed by atoms with Crippen LogP contribution in [0, 0.1) is 11.3 Å². The van der Waals surface area contributed by atoms with Crippen LogP contribution in [0.5, 0.6) is 0 Å². The van der Waals surface area contributed by atoms with E-state index in [1.807, 2.05) is 6.07 Å². The summed E-state index contributed by atoms with van der Waals surface area (Å²) in [5.41, 5.74) is 0.707. The lowest BCUT2D eigenvalue weighted by atomic mass is 9.89. The number of carboxylic acid groups (broad SMARTS) is 1. The highest BCUT2D eigenvalue weighted by molar-refractivity contribution is 5.73. The molecule has 0 saturated carbocycles. The Labute approximate surface area is 116 Å². The molecule has 3 heteroatoms. The van der Waals surface area contributed by atoms with Crippen molar-refractivity contribution in [3.63, 3.8) is 0 Å². The number of benzene rings is 1. The Morgan fingerprint density at radius 2 is 1.95 bits per heavy atom. The molecule has 1 aromatic carbocycles. The van der Waals surface area contributed by atoms with Crippen LogP contribution in [0.4, 0.5) is 0 Å². The van der Waals surface area contributed by atoms with E-state index < -0.39 is 11.4 Å². The third kappa shape index (κ3) is 5.88. The van der Waals surface area contributed by atoms with Crippen molar-refractivity contribution in [3.05, 3.63) is 35.9 Å². The van der Waals surface area contributed by atoms with Crippen LogP contribution in [0.25, 0.3) is 0 Å². The quantitative estimate of drug-likeness (QED) is 0.709. The zero-order chi connectivity index (χ0) is 14.3. The Bertz CT molecular complexity index is 387. The van der Waals surface area contributed by atoms with E-state index in [2.05, 4.69) is 36.5 Å². The van der Waals surface area contributed by atoms with E-state index in [1.165, 1.54) is 5.56 Å². The molecule has 2 N–H and O–H groups in total. The lowest BCUT2D eigenvalue weighted by Crippen LogP contribution is -2.31. The maximum atomic E-state index is 11.0. The second-order valence-electron chi connectivity index (χ2n) is 5.94. The van der Waals surface area contributed by atoms with Gasteiger partial charge in [-0.3, -0.25) is 4.79 Å². The average Bonchev–Trinajstić information content (AvgIpc) is 2.36. The summed E-state index contributed by atoms with van der Waals surface area (Å²) in [4.78, 5) is 11.0. The Hall–Kier alpha value is -1.35. The number of hydrogen-bond acceptors (Lipinski definition) is 2. The zero-order valence-electron chi connectivity index (χ0n) is 12.1. The first-order chi connectivity index (χ1) is 8.92. The van der Waals surface area contributed by atoms with Crippen LogP contribution in [0.2, 0.25) is 0 Å². The van der Waals surface area contributed by atoms with E-state index in [-0.39, 0.29) is 0 Å². The minimum Gasteiger partial charge on any atom is -0.481 e. The highest BCUT2D eigenvalue weighted by atomic mass is 16.4.